The number of carbonyl (C=O) groups is 1. The van der Waals surface area contributed by atoms with Gasteiger partial charge in [-0.25, -0.2) is 4.98 Å². The summed E-state index contributed by atoms with van der Waals surface area (Å²) in [6.45, 7) is 3.64. The second-order valence-corrected chi connectivity index (χ2v) is 6.25. The Morgan fingerprint density at radius 2 is 2.42 bits per heavy atom. The van der Waals surface area contributed by atoms with Crippen LogP contribution in [-0.2, 0) is 17.6 Å². The van der Waals surface area contributed by atoms with E-state index in [1.165, 1.54) is 16.2 Å². The molecule has 0 saturated carbocycles. The van der Waals surface area contributed by atoms with E-state index in [0.29, 0.717) is 11.6 Å². The number of hydrogen-bond acceptors (Lipinski definition) is 5. The van der Waals surface area contributed by atoms with Crippen molar-refractivity contribution in [2.75, 3.05) is 5.73 Å². The topological polar surface area (TPSA) is 88.2 Å². The van der Waals surface area contributed by atoms with Gasteiger partial charge in [-0.1, -0.05) is 13.8 Å². The molecule has 1 aromatic heterocycles. The molecule has 2 unspecified atom stereocenters. The van der Waals surface area contributed by atoms with Gasteiger partial charge in [0, 0.05) is 17.3 Å². The number of rotatable bonds is 4. The second-order valence-electron chi connectivity index (χ2n) is 5.13. The molecule has 0 radical (unpaired) electrons. The number of aliphatic hydroxyl groups is 1. The van der Waals surface area contributed by atoms with Crippen molar-refractivity contribution in [3.8, 4) is 0 Å². The number of aromatic nitrogens is 1. The van der Waals surface area contributed by atoms with Crippen molar-refractivity contribution in [2.24, 2.45) is 5.92 Å². The van der Waals surface area contributed by atoms with Gasteiger partial charge >= 0.3 is 0 Å². The third-order valence-corrected chi connectivity index (χ3v) is 4.66. The van der Waals surface area contributed by atoms with E-state index in [1.807, 2.05) is 6.92 Å². The Balaban J connectivity index is 1.93. The number of nitrogens with two attached hydrogens (primary N) is 1. The summed E-state index contributed by atoms with van der Waals surface area (Å²) in [6.07, 6.45) is 2.56. The van der Waals surface area contributed by atoms with Gasteiger partial charge in [0.1, 0.15) is 0 Å². The minimum absolute atomic E-state index is 0.0692. The molecular weight excluding hydrogens is 262 g/mol. The lowest BCUT2D eigenvalue weighted by Gasteiger charge is -2.25. The molecule has 5 nitrogen and oxygen atoms in total. The third kappa shape index (κ3) is 3.25. The van der Waals surface area contributed by atoms with Crippen molar-refractivity contribution >= 4 is 22.4 Å². The number of hydrogen-bond donors (Lipinski definition) is 3. The van der Waals surface area contributed by atoms with Gasteiger partial charge in [-0.2, -0.15) is 0 Å². The molecule has 1 aromatic rings. The van der Waals surface area contributed by atoms with Gasteiger partial charge in [-0.15, -0.1) is 11.3 Å². The molecule has 1 aliphatic carbocycles. The second kappa shape index (κ2) is 5.88. The summed E-state index contributed by atoms with van der Waals surface area (Å²) in [4.78, 5) is 17.5. The largest absolute Gasteiger partial charge is 0.392 e. The molecule has 0 bridgehead atoms. The Labute approximate surface area is 117 Å². The predicted octanol–water partition coefficient (Wildman–Crippen LogP) is 1.11. The van der Waals surface area contributed by atoms with Gasteiger partial charge in [0.2, 0.25) is 5.91 Å². The van der Waals surface area contributed by atoms with Gasteiger partial charge in [0.25, 0.3) is 0 Å². The number of nitrogens with zero attached hydrogens (tertiary/aromatic N) is 1. The van der Waals surface area contributed by atoms with Gasteiger partial charge in [-0.3, -0.25) is 4.79 Å². The minimum Gasteiger partial charge on any atom is -0.392 e. The van der Waals surface area contributed by atoms with E-state index in [-0.39, 0.29) is 17.9 Å². The Morgan fingerprint density at radius 3 is 3.11 bits per heavy atom. The normalized spacial score (nSPS) is 21.5. The van der Waals surface area contributed by atoms with Crippen LogP contribution >= 0.6 is 11.3 Å². The highest BCUT2D eigenvalue weighted by Crippen LogP contribution is 2.28. The average molecular weight is 283 g/mol. The van der Waals surface area contributed by atoms with Crippen LogP contribution in [-0.4, -0.2) is 28.1 Å². The molecule has 0 spiro atoms. The molecule has 3 atom stereocenters. The van der Waals surface area contributed by atoms with Gasteiger partial charge in [0.15, 0.2) is 5.13 Å². The summed E-state index contributed by atoms with van der Waals surface area (Å²) in [5.74, 6) is -0.432. The summed E-state index contributed by atoms with van der Waals surface area (Å²) >= 11 is 1.51. The van der Waals surface area contributed by atoms with Crippen molar-refractivity contribution in [2.45, 2.75) is 51.7 Å². The summed E-state index contributed by atoms with van der Waals surface area (Å²) in [7, 11) is 0. The molecule has 1 aliphatic rings. The molecule has 1 amide bonds. The number of nitrogens with one attached hydrogen (secondary N) is 1. The number of carbonyl (C=O) groups excluding carboxylic acids is 1. The molecule has 0 aliphatic heterocycles. The molecule has 0 saturated heterocycles. The van der Waals surface area contributed by atoms with Crippen LogP contribution in [0.15, 0.2) is 0 Å². The van der Waals surface area contributed by atoms with E-state index in [4.69, 9.17) is 5.73 Å². The predicted molar refractivity (Wildman–Crippen MR) is 75.9 cm³/mol. The fraction of sp³-hybridized carbons (Fsp3) is 0.692. The lowest BCUT2D eigenvalue weighted by molar-refractivity contribution is -0.128. The molecule has 19 heavy (non-hydrogen) atoms. The van der Waals surface area contributed by atoms with Crippen LogP contribution in [0.4, 0.5) is 5.13 Å². The number of amides is 1. The van der Waals surface area contributed by atoms with Crippen LogP contribution in [0.2, 0.25) is 0 Å². The highest BCUT2D eigenvalue weighted by molar-refractivity contribution is 7.15. The monoisotopic (exact) mass is 283 g/mol. The van der Waals surface area contributed by atoms with Crippen molar-refractivity contribution in [1.29, 1.82) is 0 Å². The van der Waals surface area contributed by atoms with Crippen LogP contribution in [0.1, 0.15) is 37.3 Å². The highest BCUT2D eigenvalue weighted by atomic mass is 32.1. The molecule has 106 valence electrons. The van der Waals surface area contributed by atoms with E-state index >= 15 is 0 Å². The number of anilines is 1. The zero-order chi connectivity index (χ0) is 14.0. The minimum atomic E-state index is -0.571. The average Bonchev–Trinajstić information content (AvgIpc) is 2.76. The van der Waals surface area contributed by atoms with Crippen molar-refractivity contribution in [3.05, 3.63) is 10.6 Å². The smallest absolute Gasteiger partial charge is 0.225 e. The maximum absolute atomic E-state index is 12.0. The van der Waals surface area contributed by atoms with Gasteiger partial charge < -0.3 is 16.2 Å². The molecule has 6 heteroatoms. The Bertz CT molecular complexity index is 461. The van der Waals surface area contributed by atoms with Gasteiger partial charge in [-0.05, 0) is 19.3 Å². The van der Waals surface area contributed by atoms with E-state index in [0.717, 1.165) is 25.0 Å². The first-order chi connectivity index (χ1) is 9.01. The molecule has 0 fully saturated rings. The van der Waals surface area contributed by atoms with Crippen LogP contribution in [0.25, 0.3) is 0 Å². The van der Waals surface area contributed by atoms with E-state index in [1.54, 1.807) is 6.92 Å². The van der Waals surface area contributed by atoms with E-state index in [9.17, 15) is 9.90 Å². The van der Waals surface area contributed by atoms with Crippen LogP contribution < -0.4 is 11.1 Å². The molecule has 2 rings (SSSR count). The zero-order valence-electron chi connectivity index (χ0n) is 11.3. The number of aryl methyl sites for hydroxylation is 1. The fourth-order valence-electron chi connectivity index (χ4n) is 2.38. The number of fused-ring (bicyclic) bond motifs is 1. The summed E-state index contributed by atoms with van der Waals surface area (Å²) in [5, 5.41) is 13.3. The van der Waals surface area contributed by atoms with Crippen LogP contribution in [0.3, 0.4) is 0 Å². The Kier molecular flexibility index (Phi) is 4.42. The van der Waals surface area contributed by atoms with Crippen LogP contribution in [0.5, 0.6) is 0 Å². The highest BCUT2D eigenvalue weighted by Gasteiger charge is 2.26. The lowest BCUT2D eigenvalue weighted by Crippen LogP contribution is -2.43. The number of aliphatic hydroxyl groups excluding tert-OH is 1. The maximum Gasteiger partial charge on any atom is 0.225 e. The first-order valence-electron chi connectivity index (χ1n) is 6.73. The quantitative estimate of drug-likeness (QED) is 0.772. The number of nitrogen functional groups attached to an aromatic ring is 1. The Morgan fingerprint density at radius 1 is 1.68 bits per heavy atom. The standard InChI is InChI=1S/C13H21N3O2S/c1-3-10(17)7(2)12(18)15-8-4-5-9-11(6-8)19-13(14)16-9/h7-8,10,17H,3-6H2,1-2H3,(H2,14,16)(H,15,18)/t7?,8-,10?/m1/s1. The van der Waals surface area contributed by atoms with Crippen molar-refractivity contribution in [1.82, 2.24) is 10.3 Å². The lowest BCUT2D eigenvalue weighted by atomic mass is 9.95. The van der Waals surface area contributed by atoms with Crippen molar-refractivity contribution < 1.29 is 9.90 Å². The zero-order valence-corrected chi connectivity index (χ0v) is 12.2. The Hall–Kier alpha value is -1.14. The molecule has 4 N–H and O–H groups in total. The van der Waals surface area contributed by atoms with E-state index in [2.05, 4.69) is 10.3 Å². The molecule has 0 aromatic carbocycles. The number of thiazole rings is 1. The summed E-state index contributed by atoms with van der Waals surface area (Å²) < 4.78 is 0. The fourth-order valence-corrected chi connectivity index (χ4v) is 3.34. The third-order valence-electron chi connectivity index (χ3n) is 3.71. The molecular formula is C13H21N3O2S. The molecule has 1 heterocycles. The van der Waals surface area contributed by atoms with Crippen LogP contribution in [0, 0.1) is 5.92 Å². The SMILES string of the molecule is CCC(O)C(C)C(=O)N[C@@H]1CCc2nc(N)sc2C1. The maximum atomic E-state index is 12.0. The van der Waals surface area contributed by atoms with Gasteiger partial charge in [0.05, 0.1) is 17.7 Å². The summed E-state index contributed by atoms with van der Waals surface area (Å²) in [5.41, 5.74) is 6.78. The summed E-state index contributed by atoms with van der Waals surface area (Å²) in [6, 6.07) is 0.131. The van der Waals surface area contributed by atoms with E-state index < -0.39 is 6.10 Å². The first-order valence-corrected chi connectivity index (χ1v) is 7.55. The first kappa shape index (κ1) is 14.3. The van der Waals surface area contributed by atoms with Crippen molar-refractivity contribution in [3.63, 3.8) is 0 Å².